The molecule has 25 heavy (non-hydrogen) atoms. The number of halogens is 1. The molecule has 1 aromatic heterocycles. The molecule has 0 unspecified atom stereocenters. The first kappa shape index (κ1) is 16.3. The van der Waals surface area contributed by atoms with Crippen molar-refractivity contribution in [1.29, 1.82) is 0 Å². The first-order valence-electron chi connectivity index (χ1n) is 8.43. The number of hydrogen-bond donors (Lipinski definition) is 0. The molecule has 0 saturated carbocycles. The first-order chi connectivity index (χ1) is 12.2. The summed E-state index contributed by atoms with van der Waals surface area (Å²) in [6.07, 6.45) is 1.54. The maximum atomic E-state index is 6.52. The van der Waals surface area contributed by atoms with Crippen LogP contribution in [0, 0.1) is 6.92 Å². The number of aryl methyl sites for hydroxylation is 1. The van der Waals surface area contributed by atoms with Gasteiger partial charge in [0.25, 0.3) is 0 Å². The third-order valence-corrected chi connectivity index (χ3v) is 5.28. The Kier molecular flexibility index (Phi) is 4.32. The molecule has 1 fully saturated rings. The van der Waals surface area contributed by atoms with E-state index >= 15 is 0 Å². The molecule has 4 nitrogen and oxygen atoms in total. The van der Waals surface area contributed by atoms with E-state index in [0.717, 1.165) is 34.6 Å². The Hall–Kier alpha value is -2.17. The van der Waals surface area contributed by atoms with Gasteiger partial charge in [0, 0.05) is 23.8 Å². The predicted octanol–water partition coefficient (Wildman–Crippen LogP) is 4.79. The van der Waals surface area contributed by atoms with E-state index in [-0.39, 0.29) is 0 Å². The van der Waals surface area contributed by atoms with E-state index in [1.165, 1.54) is 0 Å². The molecule has 128 valence electrons. The van der Waals surface area contributed by atoms with Crippen molar-refractivity contribution in [3.63, 3.8) is 0 Å². The number of ether oxygens (including phenoxy) is 1. The normalized spacial score (nSPS) is 16.7. The zero-order valence-electron chi connectivity index (χ0n) is 14.0. The quantitative estimate of drug-likeness (QED) is 0.678. The van der Waals surface area contributed by atoms with Crippen LogP contribution in [-0.4, -0.2) is 23.4 Å². The van der Waals surface area contributed by atoms with Crippen LogP contribution in [0.4, 0.5) is 0 Å². The van der Waals surface area contributed by atoms with Gasteiger partial charge in [0.15, 0.2) is 0 Å². The highest BCUT2D eigenvalue weighted by Gasteiger charge is 2.42. The molecule has 2 aromatic carbocycles. The molecular weight excluding hydrogens is 336 g/mol. The fourth-order valence-corrected chi connectivity index (χ4v) is 3.82. The Labute approximate surface area is 151 Å². The van der Waals surface area contributed by atoms with Gasteiger partial charge in [-0.15, -0.1) is 10.2 Å². The van der Waals surface area contributed by atoms with E-state index in [2.05, 4.69) is 10.2 Å². The second-order valence-corrected chi connectivity index (χ2v) is 6.81. The Balaban J connectivity index is 1.82. The molecule has 1 aliphatic rings. The number of aromatic nitrogens is 2. The van der Waals surface area contributed by atoms with Crippen LogP contribution in [0.1, 0.15) is 29.9 Å². The molecular formula is C20H19ClN2O2. The van der Waals surface area contributed by atoms with Crippen LogP contribution in [0.3, 0.4) is 0 Å². The van der Waals surface area contributed by atoms with Crippen LogP contribution < -0.4 is 0 Å². The topological polar surface area (TPSA) is 48.2 Å². The van der Waals surface area contributed by atoms with Crippen molar-refractivity contribution in [2.75, 3.05) is 13.2 Å². The molecule has 1 saturated heterocycles. The van der Waals surface area contributed by atoms with E-state index in [1.807, 2.05) is 55.5 Å². The van der Waals surface area contributed by atoms with Crippen molar-refractivity contribution >= 4 is 11.6 Å². The van der Waals surface area contributed by atoms with Gasteiger partial charge in [-0.25, -0.2) is 0 Å². The molecule has 0 aliphatic carbocycles. The molecule has 2 heterocycles. The Morgan fingerprint density at radius 1 is 0.960 bits per heavy atom. The highest BCUT2D eigenvalue weighted by atomic mass is 35.5. The summed E-state index contributed by atoms with van der Waals surface area (Å²) in [7, 11) is 0. The summed E-state index contributed by atoms with van der Waals surface area (Å²) < 4.78 is 11.8. The van der Waals surface area contributed by atoms with Gasteiger partial charge in [0.1, 0.15) is 0 Å². The van der Waals surface area contributed by atoms with Gasteiger partial charge in [-0.1, -0.05) is 48.0 Å². The molecule has 0 spiro atoms. The Morgan fingerprint density at radius 2 is 1.68 bits per heavy atom. The first-order valence-corrected chi connectivity index (χ1v) is 8.81. The average Bonchev–Trinajstić information content (AvgIpc) is 3.13. The van der Waals surface area contributed by atoms with Gasteiger partial charge in [-0.05, 0) is 43.0 Å². The van der Waals surface area contributed by atoms with Crippen molar-refractivity contribution < 1.29 is 9.15 Å². The number of hydrogen-bond acceptors (Lipinski definition) is 4. The van der Waals surface area contributed by atoms with Crippen molar-refractivity contribution in [2.45, 2.75) is 25.2 Å². The number of rotatable bonds is 3. The summed E-state index contributed by atoms with van der Waals surface area (Å²) in [6, 6.07) is 15.9. The fraction of sp³-hybridized carbons (Fsp3) is 0.300. The zero-order chi connectivity index (χ0) is 17.3. The summed E-state index contributed by atoms with van der Waals surface area (Å²) >= 11 is 6.52. The van der Waals surface area contributed by atoms with E-state index in [1.54, 1.807) is 0 Å². The summed E-state index contributed by atoms with van der Waals surface area (Å²) in [5, 5.41) is 9.46. The maximum Gasteiger partial charge on any atom is 0.248 e. The van der Waals surface area contributed by atoms with Crippen LogP contribution in [0.5, 0.6) is 0 Å². The zero-order valence-corrected chi connectivity index (χ0v) is 14.8. The summed E-state index contributed by atoms with van der Waals surface area (Å²) in [4.78, 5) is 0. The van der Waals surface area contributed by atoms with E-state index in [0.29, 0.717) is 25.0 Å². The minimum atomic E-state index is -0.398. The molecule has 0 radical (unpaired) electrons. The molecule has 1 aliphatic heterocycles. The Morgan fingerprint density at radius 3 is 2.44 bits per heavy atom. The third kappa shape index (κ3) is 2.86. The highest BCUT2D eigenvalue weighted by Crippen LogP contribution is 2.44. The molecule has 0 N–H and O–H groups in total. The lowest BCUT2D eigenvalue weighted by atomic mass is 9.74. The lowest BCUT2D eigenvalue weighted by molar-refractivity contribution is 0.0546. The van der Waals surface area contributed by atoms with Crippen LogP contribution in [-0.2, 0) is 10.2 Å². The van der Waals surface area contributed by atoms with E-state index in [4.69, 9.17) is 20.8 Å². The molecule has 4 rings (SSSR count). The third-order valence-electron chi connectivity index (χ3n) is 4.95. The number of nitrogens with zero attached hydrogens (tertiary/aromatic N) is 2. The highest BCUT2D eigenvalue weighted by molar-refractivity contribution is 6.31. The summed E-state index contributed by atoms with van der Waals surface area (Å²) in [5.74, 6) is 1.16. The van der Waals surface area contributed by atoms with Crippen molar-refractivity contribution in [3.8, 4) is 11.5 Å². The standard InChI is InChI=1S/C20H19ClN2O2/c1-14-6-2-3-7-15(14)18-22-23-19(25-18)20(10-12-24-13-11-20)16-8-4-5-9-17(16)21/h2-9H,10-13H2,1H3. The Bertz CT molecular complexity index is 885. The van der Waals surface area contributed by atoms with Crippen LogP contribution in [0.15, 0.2) is 52.9 Å². The van der Waals surface area contributed by atoms with Gasteiger partial charge in [-0.2, -0.15) is 0 Å². The van der Waals surface area contributed by atoms with Crippen LogP contribution in [0.25, 0.3) is 11.5 Å². The van der Waals surface area contributed by atoms with Gasteiger partial charge >= 0.3 is 0 Å². The second kappa shape index (κ2) is 6.62. The maximum absolute atomic E-state index is 6.52. The van der Waals surface area contributed by atoms with Gasteiger partial charge < -0.3 is 9.15 Å². The molecule has 0 bridgehead atoms. The van der Waals surface area contributed by atoms with E-state index < -0.39 is 5.41 Å². The SMILES string of the molecule is Cc1ccccc1-c1nnc(C2(c3ccccc3Cl)CCOCC2)o1. The monoisotopic (exact) mass is 354 g/mol. The number of benzene rings is 2. The van der Waals surface area contributed by atoms with Crippen molar-refractivity contribution in [1.82, 2.24) is 10.2 Å². The molecule has 3 aromatic rings. The average molecular weight is 355 g/mol. The van der Waals surface area contributed by atoms with Crippen molar-refractivity contribution in [2.24, 2.45) is 0 Å². The smallest absolute Gasteiger partial charge is 0.248 e. The molecule has 5 heteroatoms. The van der Waals surface area contributed by atoms with Crippen molar-refractivity contribution in [3.05, 3.63) is 70.6 Å². The van der Waals surface area contributed by atoms with E-state index in [9.17, 15) is 0 Å². The van der Waals surface area contributed by atoms with Gasteiger partial charge in [0.05, 0.1) is 5.41 Å². The second-order valence-electron chi connectivity index (χ2n) is 6.40. The minimum absolute atomic E-state index is 0.398. The summed E-state index contributed by atoms with van der Waals surface area (Å²) in [6.45, 7) is 3.33. The minimum Gasteiger partial charge on any atom is -0.420 e. The predicted molar refractivity (Wildman–Crippen MR) is 96.8 cm³/mol. The largest absolute Gasteiger partial charge is 0.420 e. The lowest BCUT2D eigenvalue weighted by Gasteiger charge is -2.35. The van der Waals surface area contributed by atoms with Crippen LogP contribution in [0.2, 0.25) is 5.02 Å². The molecule has 0 amide bonds. The summed E-state index contributed by atoms with van der Waals surface area (Å²) in [5.41, 5.74) is 2.70. The van der Waals surface area contributed by atoms with Crippen LogP contribution >= 0.6 is 11.6 Å². The molecule has 0 atom stereocenters. The fourth-order valence-electron chi connectivity index (χ4n) is 3.51. The lowest BCUT2D eigenvalue weighted by Crippen LogP contribution is -2.35. The van der Waals surface area contributed by atoms with Gasteiger partial charge in [0.2, 0.25) is 11.8 Å². The van der Waals surface area contributed by atoms with Gasteiger partial charge in [-0.3, -0.25) is 0 Å².